The lowest BCUT2D eigenvalue weighted by molar-refractivity contribution is -0.384. The molecule has 1 amide bonds. The molecule has 0 aliphatic heterocycles. The lowest BCUT2D eigenvalue weighted by Crippen LogP contribution is -2.39. The van der Waals surface area contributed by atoms with Crippen molar-refractivity contribution in [3.05, 3.63) is 39.9 Å². The number of nitrogens with two attached hydrogens (primary N) is 1. The normalized spacial score (nSPS) is 11.2. The van der Waals surface area contributed by atoms with Gasteiger partial charge in [-0.25, -0.2) is 0 Å². The standard InChI is InChI=1S/C13H19N3O3/c1-13(2,14)8-12(17)15(3)9-10-5-4-6-11(7-10)16(18)19/h4-7H,8-9,14H2,1-3H3. The molecule has 2 N–H and O–H groups in total. The number of non-ortho nitro benzene ring substituents is 1. The Hall–Kier alpha value is -1.95. The first-order valence-corrected chi connectivity index (χ1v) is 5.95. The molecule has 0 heterocycles. The fourth-order valence-electron chi connectivity index (χ4n) is 1.66. The molecule has 0 unspecified atom stereocenters. The smallest absolute Gasteiger partial charge is 0.269 e. The highest BCUT2D eigenvalue weighted by Gasteiger charge is 2.19. The summed E-state index contributed by atoms with van der Waals surface area (Å²) in [6, 6.07) is 6.26. The number of nitrogens with zero attached hydrogens (tertiary/aromatic N) is 2. The molecule has 0 atom stereocenters. The molecule has 0 fully saturated rings. The molecular weight excluding hydrogens is 246 g/mol. The van der Waals surface area contributed by atoms with E-state index in [1.54, 1.807) is 33.0 Å². The lowest BCUT2D eigenvalue weighted by atomic mass is 10.0. The molecule has 104 valence electrons. The van der Waals surface area contributed by atoms with E-state index in [1.807, 2.05) is 0 Å². The zero-order chi connectivity index (χ0) is 14.6. The molecule has 0 aliphatic carbocycles. The first-order chi connectivity index (χ1) is 8.69. The fourth-order valence-corrected chi connectivity index (χ4v) is 1.66. The molecule has 0 spiro atoms. The van der Waals surface area contributed by atoms with E-state index in [0.29, 0.717) is 6.54 Å². The van der Waals surface area contributed by atoms with Gasteiger partial charge in [0.25, 0.3) is 5.69 Å². The van der Waals surface area contributed by atoms with Gasteiger partial charge in [0.15, 0.2) is 0 Å². The first kappa shape index (κ1) is 15.1. The van der Waals surface area contributed by atoms with E-state index in [9.17, 15) is 14.9 Å². The number of benzene rings is 1. The average molecular weight is 265 g/mol. The molecule has 0 bridgehead atoms. The van der Waals surface area contributed by atoms with Crippen molar-refractivity contribution >= 4 is 11.6 Å². The Kier molecular flexibility index (Phi) is 4.61. The molecule has 0 aliphatic rings. The quantitative estimate of drug-likeness (QED) is 0.648. The Morgan fingerprint density at radius 2 is 2.11 bits per heavy atom. The van der Waals surface area contributed by atoms with E-state index < -0.39 is 10.5 Å². The van der Waals surface area contributed by atoms with Crippen molar-refractivity contribution in [1.29, 1.82) is 0 Å². The molecule has 1 rings (SSSR count). The van der Waals surface area contributed by atoms with Crippen LogP contribution in [0.5, 0.6) is 0 Å². The van der Waals surface area contributed by atoms with E-state index in [4.69, 9.17) is 5.73 Å². The van der Waals surface area contributed by atoms with E-state index in [-0.39, 0.29) is 18.0 Å². The van der Waals surface area contributed by atoms with Gasteiger partial charge >= 0.3 is 0 Å². The Balaban J connectivity index is 2.71. The largest absolute Gasteiger partial charge is 0.341 e. The van der Waals surface area contributed by atoms with Crippen LogP contribution in [-0.2, 0) is 11.3 Å². The predicted octanol–water partition coefficient (Wildman–Crippen LogP) is 1.68. The molecule has 1 aromatic rings. The average Bonchev–Trinajstić information content (AvgIpc) is 2.27. The summed E-state index contributed by atoms with van der Waals surface area (Å²) in [7, 11) is 1.66. The minimum absolute atomic E-state index is 0.0255. The van der Waals surface area contributed by atoms with Crippen LogP contribution in [0.15, 0.2) is 24.3 Å². The van der Waals surface area contributed by atoms with Gasteiger partial charge in [-0.1, -0.05) is 12.1 Å². The monoisotopic (exact) mass is 265 g/mol. The third-order valence-electron chi connectivity index (χ3n) is 2.57. The van der Waals surface area contributed by atoms with Crippen molar-refractivity contribution in [2.45, 2.75) is 32.4 Å². The van der Waals surface area contributed by atoms with Crippen LogP contribution in [0.4, 0.5) is 5.69 Å². The molecule has 1 aromatic carbocycles. The third kappa shape index (κ3) is 5.05. The zero-order valence-electron chi connectivity index (χ0n) is 11.4. The van der Waals surface area contributed by atoms with Crippen molar-refractivity contribution in [1.82, 2.24) is 4.90 Å². The van der Waals surface area contributed by atoms with Gasteiger partial charge in [0, 0.05) is 37.7 Å². The Morgan fingerprint density at radius 3 is 2.63 bits per heavy atom. The van der Waals surface area contributed by atoms with Crippen LogP contribution in [0.2, 0.25) is 0 Å². The van der Waals surface area contributed by atoms with Crippen LogP contribution in [0.25, 0.3) is 0 Å². The summed E-state index contributed by atoms with van der Waals surface area (Å²) < 4.78 is 0. The van der Waals surface area contributed by atoms with E-state index >= 15 is 0 Å². The molecule has 0 radical (unpaired) electrons. The van der Waals surface area contributed by atoms with Gasteiger partial charge in [-0.05, 0) is 19.4 Å². The molecule has 19 heavy (non-hydrogen) atoms. The summed E-state index contributed by atoms with van der Waals surface area (Å²) in [4.78, 5) is 23.6. The van der Waals surface area contributed by atoms with Crippen LogP contribution >= 0.6 is 0 Å². The summed E-state index contributed by atoms with van der Waals surface area (Å²) in [6.07, 6.45) is 0.235. The Bertz CT molecular complexity index is 480. The number of hydrogen-bond acceptors (Lipinski definition) is 4. The Labute approximate surface area is 112 Å². The molecule has 6 nitrogen and oxygen atoms in total. The van der Waals surface area contributed by atoms with Crippen LogP contribution in [0.3, 0.4) is 0 Å². The number of amides is 1. The van der Waals surface area contributed by atoms with Gasteiger partial charge in [0.05, 0.1) is 4.92 Å². The van der Waals surface area contributed by atoms with Crippen LogP contribution in [0.1, 0.15) is 25.8 Å². The highest BCUT2D eigenvalue weighted by atomic mass is 16.6. The number of nitro groups is 1. The van der Waals surface area contributed by atoms with Crippen molar-refractivity contribution in [3.63, 3.8) is 0 Å². The van der Waals surface area contributed by atoms with Crippen LogP contribution in [0, 0.1) is 10.1 Å². The topological polar surface area (TPSA) is 89.5 Å². The maximum absolute atomic E-state index is 11.9. The number of nitro benzene ring substituents is 1. The molecular formula is C13H19N3O3. The second-order valence-corrected chi connectivity index (χ2v) is 5.34. The SMILES string of the molecule is CN(Cc1cccc([N+](=O)[O-])c1)C(=O)CC(C)(C)N. The molecule has 0 saturated carbocycles. The van der Waals surface area contributed by atoms with Crippen LogP contribution in [-0.4, -0.2) is 28.3 Å². The second-order valence-electron chi connectivity index (χ2n) is 5.34. The first-order valence-electron chi connectivity index (χ1n) is 5.95. The molecule has 0 aromatic heterocycles. The minimum atomic E-state index is -0.561. The fraction of sp³-hybridized carbons (Fsp3) is 0.462. The highest BCUT2D eigenvalue weighted by Crippen LogP contribution is 2.15. The lowest BCUT2D eigenvalue weighted by Gasteiger charge is -2.23. The summed E-state index contributed by atoms with van der Waals surface area (Å²) >= 11 is 0. The van der Waals surface area contributed by atoms with Crippen molar-refractivity contribution < 1.29 is 9.72 Å². The maximum atomic E-state index is 11.9. The maximum Gasteiger partial charge on any atom is 0.269 e. The van der Waals surface area contributed by atoms with Gasteiger partial charge in [-0.15, -0.1) is 0 Å². The van der Waals surface area contributed by atoms with Gasteiger partial charge < -0.3 is 10.6 Å². The number of carbonyl (C=O) groups is 1. The number of carbonyl (C=O) groups excluding carboxylic acids is 1. The summed E-state index contributed by atoms with van der Waals surface area (Å²) in [6.45, 7) is 3.90. The zero-order valence-corrected chi connectivity index (χ0v) is 11.4. The van der Waals surface area contributed by atoms with Crippen LogP contribution < -0.4 is 5.73 Å². The van der Waals surface area contributed by atoms with Gasteiger partial charge in [0.1, 0.15) is 0 Å². The van der Waals surface area contributed by atoms with Crippen molar-refractivity contribution in [2.75, 3.05) is 7.05 Å². The summed E-state index contributed by atoms with van der Waals surface area (Å²) in [5.74, 6) is -0.0843. The summed E-state index contributed by atoms with van der Waals surface area (Å²) in [5, 5.41) is 10.7. The van der Waals surface area contributed by atoms with Gasteiger partial charge in [0.2, 0.25) is 5.91 Å². The summed E-state index contributed by atoms with van der Waals surface area (Å²) in [5.41, 5.74) is 5.98. The van der Waals surface area contributed by atoms with E-state index in [0.717, 1.165) is 5.56 Å². The second kappa shape index (κ2) is 5.79. The van der Waals surface area contributed by atoms with Crippen molar-refractivity contribution in [2.24, 2.45) is 5.73 Å². The number of rotatable bonds is 5. The third-order valence-corrected chi connectivity index (χ3v) is 2.57. The van der Waals surface area contributed by atoms with Gasteiger partial charge in [-0.2, -0.15) is 0 Å². The number of hydrogen-bond donors (Lipinski definition) is 1. The highest BCUT2D eigenvalue weighted by molar-refractivity contribution is 5.77. The van der Waals surface area contributed by atoms with Crippen molar-refractivity contribution in [3.8, 4) is 0 Å². The molecule has 0 saturated heterocycles. The molecule has 6 heteroatoms. The van der Waals surface area contributed by atoms with E-state index in [1.165, 1.54) is 17.0 Å². The van der Waals surface area contributed by atoms with Gasteiger partial charge in [-0.3, -0.25) is 14.9 Å². The predicted molar refractivity (Wildman–Crippen MR) is 72.5 cm³/mol. The Morgan fingerprint density at radius 1 is 1.47 bits per heavy atom. The van der Waals surface area contributed by atoms with E-state index in [2.05, 4.69) is 0 Å². The minimum Gasteiger partial charge on any atom is -0.341 e.